The minimum absolute atomic E-state index is 0.0453. The Balaban J connectivity index is 2.66. The van der Waals surface area contributed by atoms with Crippen LogP contribution in [-0.2, 0) is 4.74 Å². The average Bonchev–Trinajstić information content (AvgIpc) is 2.65. The van der Waals surface area contributed by atoms with Crippen molar-refractivity contribution in [1.82, 2.24) is 4.37 Å². The highest BCUT2D eigenvalue weighted by Gasteiger charge is 2.21. The lowest BCUT2D eigenvalue weighted by Gasteiger charge is -2.24. The Labute approximate surface area is 111 Å². The van der Waals surface area contributed by atoms with Gasteiger partial charge in [0.2, 0.25) is 0 Å². The van der Waals surface area contributed by atoms with E-state index in [9.17, 15) is 4.79 Å². The van der Waals surface area contributed by atoms with Crippen molar-refractivity contribution in [2.75, 3.05) is 25.6 Å². The monoisotopic (exact) mass is 272 g/mol. The number of nitrogens with zero attached hydrogens (tertiary/aromatic N) is 1. The zero-order valence-electron chi connectivity index (χ0n) is 11.2. The van der Waals surface area contributed by atoms with Gasteiger partial charge in [-0.1, -0.05) is 13.8 Å². The van der Waals surface area contributed by atoms with E-state index in [2.05, 4.69) is 23.5 Å². The molecule has 2 N–H and O–H groups in total. The molecule has 0 saturated carbocycles. The molecule has 0 aliphatic rings. The van der Waals surface area contributed by atoms with E-state index in [1.807, 2.05) is 0 Å². The van der Waals surface area contributed by atoms with Crippen molar-refractivity contribution < 1.29 is 14.6 Å². The third-order valence-corrected chi connectivity index (χ3v) is 3.68. The molecule has 1 heterocycles. The predicted molar refractivity (Wildman–Crippen MR) is 72.6 cm³/mol. The Morgan fingerprint density at radius 3 is 2.78 bits per heavy atom. The lowest BCUT2D eigenvalue weighted by atomic mass is 9.90. The number of hydrogen-bond acceptors (Lipinski definition) is 5. The van der Waals surface area contributed by atoms with E-state index in [4.69, 9.17) is 9.84 Å². The van der Waals surface area contributed by atoms with E-state index < -0.39 is 5.97 Å². The fourth-order valence-corrected chi connectivity index (χ4v) is 2.31. The maximum Gasteiger partial charge on any atom is 0.340 e. The fourth-order valence-electron chi connectivity index (χ4n) is 1.53. The second-order valence-corrected chi connectivity index (χ2v) is 5.81. The van der Waals surface area contributed by atoms with Gasteiger partial charge in [-0.2, -0.15) is 4.37 Å². The number of nitrogens with one attached hydrogen (secondary N) is 1. The summed E-state index contributed by atoms with van der Waals surface area (Å²) in [6.45, 7) is 7.34. The van der Waals surface area contributed by atoms with Crippen LogP contribution in [0.15, 0.2) is 0 Å². The molecule has 1 aromatic heterocycles. The van der Waals surface area contributed by atoms with Crippen molar-refractivity contribution in [2.45, 2.75) is 27.2 Å². The number of carboxylic acid groups (broad SMARTS) is 1. The Kier molecular flexibility index (Phi) is 5.10. The molecule has 18 heavy (non-hydrogen) atoms. The van der Waals surface area contributed by atoms with Crippen LogP contribution in [-0.4, -0.2) is 35.7 Å². The van der Waals surface area contributed by atoms with Gasteiger partial charge in [0.1, 0.15) is 10.6 Å². The van der Waals surface area contributed by atoms with E-state index in [0.29, 0.717) is 23.8 Å². The lowest BCUT2D eigenvalue weighted by molar-refractivity contribution is 0.0697. The third kappa shape index (κ3) is 3.96. The van der Waals surface area contributed by atoms with E-state index in [0.717, 1.165) is 6.42 Å². The van der Waals surface area contributed by atoms with Gasteiger partial charge in [-0.25, -0.2) is 4.79 Å². The molecule has 1 aromatic rings. The van der Waals surface area contributed by atoms with Gasteiger partial charge < -0.3 is 15.2 Å². The van der Waals surface area contributed by atoms with Crippen molar-refractivity contribution in [3.05, 3.63) is 11.3 Å². The molecular formula is C12H20N2O3S. The van der Waals surface area contributed by atoms with Crippen LogP contribution in [0.2, 0.25) is 0 Å². The topological polar surface area (TPSA) is 71.5 Å². The molecule has 0 fully saturated rings. The zero-order valence-corrected chi connectivity index (χ0v) is 12.1. The summed E-state index contributed by atoms with van der Waals surface area (Å²) in [6, 6.07) is 0. The highest BCUT2D eigenvalue weighted by molar-refractivity contribution is 7.10. The van der Waals surface area contributed by atoms with Crippen molar-refractivity contribution in [1.29, 1.82) is 0 Å². The number of aromatic carboxylic acids is 1. The second kappa shape index (κ2) is 6.15. The number of aromatic nitrogens is 1. The van der Waals surface area contributed by atoms with E-state index in [1.165, 1.54) is 11.5 Å². The lowest BCUT2D eigenvalue weighted by Crippen LogP contribution is -2.25. The van der Waals surface area contributed by atoms with Gasteiger partial charge in [-0.15, -0.1) is 0 Å². The van der Waals surface area contributed by atoms with Crippen LogP contribution >= 0.6 is 11.5 Å². The standard InChI is InChI=1S/C12H20N2O3S/c1-8-9(11(15)16)10(18-14-8)13-7-12(2,3)5-6-17-4/h13H,5-7H2,1-4H3,(H,15,16). The van der Waals surface area contributed by atoms with Gasteiger partial charge in [0.05, 0.1) is 5.69 Å². The third-order valence-electron chi connectivity index (χ3n) is 2.79. The van der Waals surface area contributed by atoms with Crippen molar-refractivity contribution in [3.8, 4) is 0 Å². The SMILES string of the molecule is COCCC(C)(C)CNc1snc(C)c1C(=O)O. The molecular weight excluding hydrogens is 252 g/mol. The Morgan fingerprint density at radius 1 is 1.56 bits per heavy atom. The number of carboxylic acids is 1. The molecule has 0 aliphatic heterocycles. The van der Waals surface area contributed by atoms with E-state index in [-0.39, 0.29) is 11.0 Å². The quantitative estimate of drug-likeness (QED) is 0.798. The largest absolute Gasteiger partial charge is 0.478 e. The van der Waals surface area contributed by atoms with Crippen molar-refractivity contribution in [2.24, 2.45) is 5.41 Å². The predicted octanol–water partition coefficient (Wildman–Crippen LogP) is 2.62. The average molecular weight is 272 g/mol. The van der Waals surface area contributed by atoms with Gasteiger partial charge in [0, 0.05) is 20.3 Å². The van der Waals surface area contributed by atoms with Crippen molar-refractivity contribution in [3.63, 3.8) is 0 Å². The van der Waals surface area contributed by atoms with Crippen LogP contribution in [0.1, 0.15) is 36.3 Å². The molecule has 6 heteroatoms. The molecule has 0 bridgehead atoms. The smallest absolute Gasteiger partial charge is 0.340 e. The number of ether oxygens (including phenoxy) is 1. The maximum atomic E-state index is 11.1. The molecule has 0 unspecified atom stereocenters. The molecule has 0 aromatic carbocycles. The zero-order chi connectivity index (χ0) is 13.8. The Bertz CT molecular complexity index is 415. The summed E-state index contributed by atoms with van der Waals surface area (Å²) >= 11 is 1.20. The van der Waals surface area contributed by atoms with Crippen LogP contribution in [0.25, 0.3) is 0 Å². The first kappa shape index (κ1) is 14.9. The van der Waals surface area contributed by atoms with E-state index in [1.54, 1.807) is 14.0 Å². The number of methoxy groups -OCH3 is 1. The van der Waals surface area contributed by atoms with Gasteiger partial charge in [-0.05, 0) is 30.3 Å². The summed E-state index contributed by atoms with van der Waals surface area (Å²) in [6.07, 6.45) is 0.913. The number of carbonyl (C=O) groups is 1. The molecule has 0 radical (unpaired) electrons. The minimum atomic E-state index is -0.932. The highest BCUT2D eigenvalue weighted by Crippen LogP contribution is 2.27. The number of hydrogen-bond donors (Lipinski definition) is 2. The summed E-state index contributed by atoms with van der Waals surface area (Å²) in [5.74, 6) is -0.932. The Hall–Kier alpha value is -1.14. The van der Waals surface area contributed by atoms with Crippen LogP contribution < -0.4 is 5.32 Å². The summed E-state index contributed by atoms with van der Waals surface area (Å²) in [7, 11) is 1.68. The number of rotatable bonds is 7. The van der Waals surface area contributed by atoms with Crippen LogP contribution in [0.5, 0.6) is 0 Å². The fraction of sp³-hybridized carbons (Fsp3) is 0.667. The van der Waals surface area contributed by atoms with Crippen molar-refractivity contribution >= 4 is 22.5 Å². The number of anilines is 1. The first-order valence-corrected chi connectivity index (χ1v) is 6.57. The molecule has 0 spiro atoms. The summed E-state index contributed by atoms with van der Waals surface area (Å²) < 4.78 is 9.14. The summed E-state index contributed by atoms with van der Waals surface area (Å²) in [4.78, 5) is 11.1. The number of aryl methyl sites for hydroxylation is 1. The van der Waals surface area contributed by atoms with Crippen LogP contribution in [0, 0.1) is 12.3 Å². The van der Waals surface area contributed by atoms with Gasteiger partial charge >= 0.3 is 5.97 Å². The van der Waals surface area contributed by atoms with Gasteiger partial charge in [0.25, 0.3) is 0 Å². The molecule has 0 atom stereocenters. The van der Waals surface area contributed by atoms with Gasteiger partial charge in [0.15, 0.2) is 0 Å². The first-order chi connectivity index (χ1) is 8.37. The normalized spacial score (nSPS) is 11.6. The minimum Gasteiger partial charge on any atom is -0.478 e. The molecule has 102 valence electrons. The Morgan fingerprint density at radius 2 is 2.22 bits per heavy atom. The molecule has 5 nitrogen and oxygen atoms in total. The maximum absolute atomic E-state index is 11.1. The molecule has 0 aliphatic carbocycles. The highest BCUT2D eigenvalue weighted by atomic mass is 32.1. The van der Waals surface area contributed by atoms with Gasteiger partial charge in [-0.3, -0.25) is 0 Å². The summed E-state index contributed by atoms with van der Waals surface area (Å²) in [5, 5.41) is 12.9. The van der Waals surface area contributed by atoms with E-state index >= 15 is 0 Å². The van der Waals surface area contributed by atoms with Crippen LogP contribution in [0.3, 0.4) is 0 Å². The molecule has 1 rings (SSSR count). The second-order valence-electron chi connectivity index (χ2n) is 5.04. The first-order valence-electron chi connectivity index (χ1n) is 5.80. The van der Waals surface area contributed by atoms with Crippen LogP contribution in [0.4, 0.5) is 5.00 Å². The molecule has 0 saturated heterocycles. The molecule has 0 amide bonds. The summed E-state index contributed by atoms with van der Waals surface area (Å²) in [5.41, 5.74) is 0.885.